The third kappa shape index (κ3) is 5.09. The lowest BCUT2D eigenvalue weighted by Crippen LogP contribution is -2.52. The van der Waals surface area contributed by atoms with Gasteiger partial charge in [-0.05, 0) is 26.0 Å². The Balaban J connectivity index is 1.56. The number of aryl methyl sites for hydroxylation is 1. The number of carbonyl (C=O) groups is 1. The molecular weight excluding hydrogens is 378 g/mol. The normalized spacial score (nSPS) is 16.4. The number of nitro benzene ring substituents is 1. The first kappa shape index (κ1) is 20.7. The van der Waals surface area contributed by atoms with E-state index in [1.165, 1.54) is 19.2 Å². The highest BCUT2D eigenvalue weighted by molar-refractivity contribution is 5.96. The first-order valence-corrected chi connectivity index (χ1v) is 9.39. The number of hydrogen-bond acceptors (Lipinski definition) is 8. The van der Waals surface area contributed by atoms with E-state index in [1.54, 1.807) is 13.0 Å². The number of piperazine rings is 1. The van der Waals surface area contributed by atoms with Gasteiger partial charge in [0.15, 0.2) is 5.76 Å². The summed E-state index contributed by atoms with van der Waals surface area (Å²) in [4.78, 5) is 27.7. The number of carbonyl (C=O) groups excluding carboxylic acids is 1. The summed E-state index contributed by atoms with van der Waals surface area (Å²) in [7, 11) is 1.43. The first-order valence-electron chi connectivity index (χ1n) is 9.39. The molecule has 0 saturated carbocycles. The van der Waals surface area contributed by atoms with E-state index < -0.39 is 11.0 Å². The quantitative estimate of drug-likeness (QED) is 0.552. The molecule has 1 aliphatic rings. The Morgan fingerprint density at radius 2 is 2.07 bits per heavy atom. The lowest BCUT2D eigenvalue weighted by atomic mass is 10.2. The van der Waals surface area contributed by atoms with Gasteiger partial charge in [-0.1, -0.05) is 5.16 Å². The van der Waals surface area contributed by atoms with Crippen LogP contribution < -0.4 is 10.1 Å². The second kappa shape index (κ2) is 9.01. The second-order valence-corrected chi connectivity index (χ2v) is 7.05. The molecule has 3 rings (SSSR count). The largest absolute Gasteiger partial charge is 0.496 e. The van der Waals surface area contributed by atoms with Crippen molar-refractivity contribution < 1.29 is 19.0 Å². The topological polar surface area (TPSA) is 114 Å². The number of nitrogens with zero attached hydrogens (tertiary/aromatic N) is 4. The van der Waals surface area contributed by atoms with E-state index in [-0.39, 0.29) is 17.3 Å². The Morgan fingerprint density at radius 3 is 2.66 bits per heavy atom. The lowest BCUT2D eigenvalue weighted by molar-refractivity contribution is -0.384. The van der Waals surface area contributed by atoms with Crippen LogP contribution in [0, 0.1) is 17.0 Å². The van der Waals surface area contributed by atoms with E-state index in [4.69, 9.17) is 9.26 Å². The highest BCUT2D eigenvalue weighted by Gasteiger charge is 2.27. The number of ether oxygens (including phenoxy) is 1. The van der Waals surface area contributed by atoms with Crippen LogP contribution in [0.4, 0.5) is 11.4 Å². The third-order valence-electron chi connectivity index (χ3n) is 5.05. The Morgan fingerprint density at radius 1 is 1.34 bits per heavy atom. The molecule has 1 aromatic carbocycles. The van der Waals surface area contributed by atoms with Crippen molar-refractivity contribution >= 4 is 17.3 Å². The van der Waals surface area contributed by atoms with Gasteiger partial charge >= 0.3 is 0 Å². The first-order chi connectivity index (χ1) is 13.9. The van der Waals surface area contributed by atoms with Crippen LogP contribution in [0.25, 0.3) is 0 Å². The van der Waals surface area contributed by atoms with Crippen molar-refractivity contribution in [3.05, 3.63) is 45.8 Å². The summed E-state index contributed by atoms with van der Waals surface area (Å²) >= 11 is 0. The molecule has 1 aromatic heterocycles. The van der Waals surface area contributed by atoms with Gasteiger partial charge in [0.05, 0.1) is 36.4 Å². The summed E-state index contributed by atoms with van der Waals surface area (Å²) in [5.74, 6) is 0.909. The number of hydrogen-bond donors (Lipinski definition) is 1. The van der Waals surface area contributed by atoms with Crippen molar-refractivity contribution in [3.63, 3.8) is 0 Å². The summed E-state index contributed by atoms with van der Waals surface area (Å²) in [5.41, 5.74) is 0.820. The number of amides is 1. The molecule has 0 bridgehead atoms. The van der Waals surface area contributed by atoms with Crippen molar-refractivity contribution in [3.8, 4) is 5.75 Å². The fourth-order valence-electron chi connectivity index (χ4n) is 3.32. The van der Waals surface area contributed by atoms with E-state index in [2.05, 4.69) is 20.3 Å². The van der Waals surface area contributed by atoms with E-state index >= 15 is 0 Å². The zero-order chi connectivity index (χ0) is 21.0. The highest BCUT2D eigenvalue weighted by atomic mass is 16.6. The van der Waals surface area contributed by atoms with Gasteiger partial charge in [-0.25, -0.2) is 0 Å². The van der Waals surface area contributed by atoms with Gasteiger partial charge in [-0.2, -0.15) is 0 Å². The summed E-state index contributed by atoms with van der Waals surface area (Å²) in [5, 5.41) is 17.9. The number of rotatable bonds is 7. The Kier molecular flexibility index (Phi) is 6.45. The molecule has 2 heterocycles. The molecular formula is C19H25N5O5. The fraction of sp³-hybridized carbons (Fsp3) is 0.474. The number of benzene rings is 1. The Labute approximate surface area is 168 Å². The molecule has 10 heteroatoms. The van der Waals surface area contributed by atoms with Crippen LogP contribution in [0.1, 0.15) is 18.4 Å². The summed E-state index contributed by atoms with van der Waals surface area (Å²) < 4.78 is 10.3. The van der Waals surface area contributed by atoms with E-state index in [0.717, 1.165) is 24.5 Å². The van der Waals surface area contributed by atoms with Crippen LogP contribution in [0.5, 0.6) is 5.75 Å². The van der Waals surface area contributed by atoms with Crippen LogP contribution in [-0.4, -0.2) is 65.1 Å². The van der Waals surface area contributed by atoms with E-state index in [9.17, 15) is 14.9 Å². The van der Waals surface area contributed by atoms with Gasteiger partial charge < -0.3 is 14.6 Å². The molecule has 1 fully saturated rings. The number of aromatic nitrogens is 1. The van der Waals surface area contributed by atoms with Crippen LogP contribution in [0.3, 0.4) is 0 Å². The summed E-state index contributed by atoms with van der Waals surface area (Å²) in [6.45, 7) is 7.39. The molecule has 1 atom stereocenters. The van der Waals surface area contributed by atoms with Gasteiger partial charge in [0.2, 0.25) is 5.91 Å². The SMILES string of the molecule is COc1ccc(NC(=O)[C@H](C)N2CCN(Cc3cc(C)no3)CC2)c([N+](=O)[O-])c1. The van der Waals surface area contributed by atoms with Crippen LogP contribution in [0.15, 0.2) is 28.8 Å². The van der Waals surface area contributed by atoms with Crippen molar-refractivity contribution in [2.75, 3.05) is 38.6 Å². The molecule has 1 aliphatic heterocycles. The molecule has 0 aliphatic carbocycles. The maximum Gasteiger partial charge on any atom is 0.296 e. The molecule has 10 nitrogen and oxygen atoms in total. The van der Waals surface area contributed by atoms with Gasteiger partial charge in [-0.15, -0.1) is 0 Å². The molecule has 0 unspecified atom stereocenters. The molecule has 1 N–H and O–H groups in total. The van der Waals surface area contributed by atoms with Crippen molar-refractivity contribution in [1.29, 1.82) is 0 Å². The minimum atomic E-state index is -0.535. The zero-order valence-electron chi connectivity index (χ0n) is 16.8. The van der Waals surface area contributed by atoms with Crippen LogP contribution >= 0.6 is 0 Å². The molecule has 0 spiro atoms. The maximum absolute atomic E-state index is 12.7. The minimum Gasteiger partial charge on any atom is -0.496 e. The Hall–Kier alpha value is -2.98. The number of methoxy groups -OCH3 is 1. The molecule has 156 valence electrons. The zero-order valence-corrected chi connectivity index (χ0v) is 16.8. The van der Waals surface area contributed by atoms with Crippen molar-refractivity contribution in [2.24, 2.45) is 0 Å². The predicted molar refractivity (Wildman–Crippen MR) is 106 cm³/mol. The molecule has 1 saturated heterocycles. The lowest BCUT2D eigenvalue weighted by Gasteiger charge is -2.36. The van der Waals surface area contributed by atoms with Gasteiger partial charge in [0.25, 0.3) is 5.69 Å². The number of anilines is 1. The van der Waals surface area contributed by atoms with E-state index in [1.807, 2.05) is 13.0 Å². The second-order valence-electron chi connectivity index (χ2n) is 7.05. The fourth-order valence-corrected chi connectivity index (χ4v) is 3.32. The number of nitro groups is 1. The van der Waals surface area contributed by atoms with Crippen LogP contribution in [-0.2, 0) is 11.3 Å². The molecule has 1 amide bonds. The maximum atomic E-state index is 12.7. The number of nitrogens with one attached hydrogen (secondary N) is 1. The van der Waals surface area contributed by atoms with Crippen LogP contribution in [0.2, 0.25) is 0 Å². The standard InChI is InChI=1S/C19H25N5O5/c1-13-10-16(29-21-13)12-22-6-8-23(9-7-22)14(2)19(25)20-17-5-4-15(28-3)11-18(17)24(26)27/h4-5,10-11,14H,6-9,12H2,1-3H3,(H,20,25)/t14-/m0/s1. The van der Waals surface area contributed by atoms with Gasteiger partial charge in [-0.3, -0.25) is 24.7 Å². The van der Waals surface area contributed by atoms with Gasteiger partial charge in [0, 0.05) is 32.2 Å². The van der Waals surface area contributed by atoms with Gasteiger partial charge in [0.1, 0.15) is 11.4 Å². The minimum absolute atomic E-state index is 0.159. The highest BCUT2D eigenvalue weighted by Crippen LogP contribution is 2.29. The smallest absolute Gasteiger partial charge is 0.296 e. The molecule has 29 heavy (non-hydrogen) atoms. The van der Waals surface area contributed by atoms with Crippen molar-refractivity contribution in [1.82, 2.24) is 15.0 Å². The summed E-state index contributed by atoms with van der Waals surface area (Å²) in [6.07, 6.45) is 0. The average Bonchev–Trinajstić information content (AvgIpc) is 3.12. The van der Waals surface area contributed by atoms with Crippen molar-refractivity contribution in [2.45, 2.75) is 26.4 Å². The summed E-state index contributed by atoms with van der Waals surface area (Å²) in [6, 6.07) is 5.87. The average molecular weight is 403 g/mol. The Bertz CT molecular complexity index is 876. The van der Waals surface area contributed by atoms with E-state index in [0.29, 0.717) is 25.4 Å². The molecule has 0 radical (unpaired) electrons. The monoisotopic (exact) mass is 403 g/mol. The third-order valence-corrected chi connectivity index (χ3v) is 5.05. The predicted octanol–water partition coefficient (Wildman–Crippen LogP) is 2.04. The molecule has 2 aromatic rings.